The Bertz CT molecular complexity index is 461. The fourth-order valence-electron chi connectivity index (χ4n) is 1.96. The van der Waals surface area contributed by atoms with Crippen molar-refractivity contribution in [1.82, 2.24) is 10.6 Å². The average Bonchev–Trinajstić information content (AvgIpc) is 2.34. The molecule has 1 amide bonds. The van der Waals surface area contributed by atoms with Crippen LogP contribution in [0.2, 0.25) is 0 Å². The molecule has 0 aromatic heterocycles. The maximum Gasteiger partial charge on any atom is 0.246 e. The van der Waals surface area contributed by atoms with Gasteiger partial charge in [-0.05, 0) is 31.5 Å². The third kappa shape index (κ3) is 3.75. The van der Waals surface area contributed by atoms with E-state index in [4.69, 9.17) is 4.74 Å². The number of hydrogen-bond acceptors (Lipinski definition) is 3. The van der Waals surface area contributed by atoms with Gasteiger partial charge in [0.05, 0.1) is 11.6 Å². The van der Waals surface area contributed by atoms with Crippen LogP contribution in [0.3, 0.4) is 0 Å². The monoisotopic (exact) mass is 266 g/mol. The Balaban J connectivity index is 1.81. The van der Waals surface area contributed by atoms with Gasteiger partial charge in [0.25, 0.3) is 0 Å². The molecule has 0 spiro atoms. The molecule has 1 aromatic rings. The standard InChI is InChI=1S/C14H19FN2O2/c1-10(11-4-3-5-12(15)6-11)17-13(18)7-19-14(2)8-16-9-14/h3-6,10,16H,7-9H2,1-2H3,(H,17,18). The van der Waals surface area contributed by atoms with Crippen LogP contribution in [0.1, 0.15) is 25.5 Å². The van der Waals surface area contributed by atoms with E-state index in [1.54, 1.807) is 12.1 Å². The lowest BCUT2D eigenvalue weighted by atomic mass is 10.0. The molecule has 2 N–H and O–H groups in total. The van der Waals surface area contributed by atoms with Crippen molar-refractivity contribution in [2.45, 2.75) is 25.5 Å². The number of ether oxygens (including phenoxy) is 1. The van der Waals surface area contributed by atoms with E-state index in [0.29, 0.717) is 0 Å². The van der Waals surface area contributed by atoms with Gasteiger partial charge in [0, 0.05) is 13.1 Å². The molecule has 1 aliphatic rings. The van der Waals surface area contributed by atoms with Crippen LogP contribution in [0.4, 0.5) is 4.39 Å². The van der Waals surface area contributed by atoms with Crippen molar-refractivity contribution in [3.63, 3.8) is 0 Å². The van der Waals surface area contributed by atoms with Crippen molar-refractivity contribution in [3.05, 3.63) is 35.6 Å². The number of hydrogen-bond donors (Lipinski definition) is 2. The van der Waals surface area contributed by atoms with Gasteiger partial charge in [0.2, 0.25) is 5.91 Å². The van der Waals surface area contributed by atoms with E-state index in [0.717, 1.165) is 18.7 Å². The Kier molecular flexibility index (Phi) is 4.17. The first-order valence-corrected chi connectivity index (χ1v) is 6.38. The highest BCUT2D eigenvalue weighted by Crippen LogP contribution is 2.16. The maximum atomic E-state index is 13.1. The van der Waals surface area contributed by atoms with E-state index in [2.05, 4.69) is 10.6 Å². The van der Waals surface area contributed by atoms with Crippen molar-refractivity contribution < 1.29 is 13.9 Å². The number of carbonyl (C=O) groups is 1. The van der Waals surface area contributed by atoms with Crippen LogP contribution >= 0.6 is 0 Å². The molecule has 0 bridgehead atoms. The first kappa shape index (κ1) is 14.0. The predicted octanol–water partition coefficient (Wildman–Crippen LogP) is 1.38. The summed E-state index contributed by atoms with van der Waals surface area (Å²) in [4.78, 5) is 11.7. The molecule has 1 fully saturated rings. The van der Waals surface area contributed by atoms with E-state index in [1.807, 2.05) is 13.8 Å². The number of halogens is 1. The van der Waals surface area contributed by atoms with Crippen LogP contribution in [-0.2, 0) is 9.53 Å². The SMILES string of the molecule is CC(NC(=O)COC1(C)CNC1)c1cccc(F)c1. The Morgan fingerprint density at radius 3 is 2.89 bits per heavy atom. The lowest BCUT2D eigenvalue weighted by molar-refractivity contribution is -0.136. The predicted molar refractivity (Wildman–Crippen MR) is 70.2 cm³/mol. The molecule has 0 aliphatic carbocycles. The first-order valence-electron chi connectivity index (χ1n) is 6.38. The molecule has 1 aliphatic heterocycles. The van der Waals surface area contributed by atoms with E-state index in [1.165, 1.54) is 12.1 Å². The van der Waals surface area contributed by atoms with Gasteiger partial charge in [-0.15, -0.1) is 0 Å². The minimum atomic E-state index is -0.303. The van der Waals surface area contributed by atoms with Crippen molar-refractivity contribution >= 4 is 5.91 Å². The molecule has 2 rings (SSSR count). The molecule has 0 saturated carbocycles. The summed E-state index contributed by atoms with van der Waals surface area (Å²) in [5, 5.41) is 5.89. The number of rotatable bonds is 5. The summed E-state index contributed by atoms with van der Waals surface area (Å²) in [5.41, 5.74) is 0.504. The zero-order valence-electron chi connectivity index (χ0n) is 11.2. The fourth-order valence-corrected chi connectivity index (χ4v) is 1.96. The molecule has 1 aromatic carbocycles. The van der Waals surface area contributed by atoms with Gasteiger partial charge < -0.3 is 15.4 Å². The molecule has 0 radical (unpaired) electrons. The number of nitrogens with one attached hydrogen (secondary N) is 2. The Labute approximate surface area is 112 Å². The summed E-state index contributed by atoms with van der Waals surface area (Å²) in [6.07, 6.45) is 0. The third-order valence-corrected chi connectivity index (χ3v) is 3.28. The van der Waals surface area contributed by atoms with Gasteiger partial charge >= 0.3 is 0 Å². The second-order valence-corrected chi connectivity index (χ2v) is 5.19. The van der Waals surface area contributed by atoms with Gasteiger partial charge in [-0.3, -0.25) is 4.79 Å². The molecular weight excluding hydrogens is 247 g/mol. The summed E-state index contributed by atoms with van der Waals surface area (Å²) in [6, 6.07) is 5.98. The number of amides is 1. The smallest absolute Gasteiger partial charge is 0.246 e. The minimum absolute atomic E-state index is 0.0256. The van der Waals surface area contributed by atoms with Crippen molar-refractivity contribution in [2.24, 2.45) is 0 Å². The highest BCUT2D eigenvalue weighted by atomic mass is 19.1. The summed E-state index contributed by atoms with van der Waals surface area (Å²) < 4.78 is 18.6. The van der Waals surface area contributed by atoms with Crippen molar-refractivity contribution in [1.29, 1.82) is 0 Å². The Morgan fingerprint density at radius 1 is 1.58 bits per heavy atom. The van der Waals surface area contributed by atoms with Crippen LogP contribution in [0.25, 0.3) is 0 Å². The van der Waals surface area contributed by atoms with Gasteiger partial charge in [-0.2, -0.15) is 0 Å². The molecule has 1 saturated heterocycles. The van der Waals surface area contributed by atoms with Gasteiger partial charge in [0.15, 0.2) is 0 Å². The third-order valence-electron chi connectivity index (χ3n) is 3.28. The molecule has 1 heterocycles. The first-order chi connectivity index (χ1) is 8.98. The molecule has 1 unspecified atom stereocenters. The van der Waals surface area contributed by atoms with Crippen LogP contribution in [0.5, 0.6) is 0 Å². The van der Waals surface area contributed by atoms with Crippen LogP contribution in [0.15, 0.2) is 24.3 Å². The summed E-state index contributed by atoms with van der Waals surface area (Å²) >= 11 is 0. The number of benzene rings is 1. The second-order valence-electron chi connectivity index (χ2n) is 5.19. The number of carbonyl (C=O) groups excluding carboxylic acids is 1. The fraction of sp³-hybridized carbons (Fsp3) is 0.500. The summed E-state index contributed by atoms with van der Waals surface area (Å²) in [6.45, 7) is 5.34. The van der Waals surface area contributed by atoms with Crippen molar-refractivity contribution in [3.8, 4) is 0 Å². The largest absolute Gasteiger partial charge is 0.363 e. The molecule has 5 heteroatoms. The van der Waals surface area contributed by atoms with Crippen molar-refractivity contribution in [2.75, 3.05) is 19.7 Å². The van der Waals surface area contributed by atoms with Gasteiger partial charge in [-0.1, -0.05) is 12.1 Å². The normalized spacial score (nSPS) is 18.5. The zero-order chi connectivity index (χ0) is 13.9. The van der Waals surface area contributed by atoms with E-state index in [-0.39, 0.29) is 30.0 Å². The van der Waals surface area contributed by atoms with Crippen LogP contribution in [0, 0.1) is 5.82 Å². The quantitative estimate of drug-likeness (QED) is 0.846. The highest BCUT2D eigenvalue weighted by Gasteiger charge is 2.33. The minimum Gasteiger partial charge on any atom is -0.363 e. The van der Waals surface area contributed by atoms with Crippen LogP contribution in [-0.4, -0.2) is 31.2 Å². The highest BCUT2D eigenvalue weighted by molar-refractivity contribution is 5.77. The van der Waals surface area contributed by atoms with E-state index < -0.39 is 0 Å². The Hall–Kier alpha value is -1.46. The second kappa shape index (κ2) is 5.67. The topological polar surface area (TPSA) is 50.4 Å². The molecule has 104 valence electrons. The summed E-state index contributed by atoms with van der Waals surface area (Å²) in [5.74, 6) is -0.493. The maximum absolute atomic E-state index is 13.1. The lowest BCUT2D eigenvalue weighted by Gasteiger charge is -2.38. The zero-order valence-corrected chi connectivity index (χ0v) is 11.2. The lowest BCUT2D eigenvalue weighted by Crippen LogP contribution is -2.59. The van der Waals surface area contributed by atoms with E-state index in [9.17, 15) is 9.18 Å². The molecule has 1 atom stereocenters. The Morgan fingerprint density at radius 2 is 2.32 bits per heavy atom. The van der Waals surface area contributed by atoms with Gasteiger partial charge in [0.1, 0.15) is 12.4 Å². The average molecular weight is 266 g/mol. The summed E-state index contributed by atoms with van der Waals surface area (Å²) in [7, 11) is 0. The van der Waals surface area contributed by atoms with E-state index >= 15 is 0 Å². The van der Waals surface area contributed by atoms with Crippen LogP contribution < -0.4 is 10.6 Å². The molecule has 19 heavy (non-hydrogen) atoms. The molecule has 4 nitrogen and oxygen atoms in total. The van der Waals surface area contributed by atoms with Gasteiger partial charge in [-0.25, -0.2) is 4.39 Å². The molecular formula is C14H19FN2O2.